The topological polar surface area (TPSA) is 9.23 Å². The van der Waals surface area contributed by atoms with Crippen LogP contribution in [0.5, 0.6) is 5.75 Å². The van der Waals surface area contributed by atoms with E-state index in [1.54, 1.807) is 6.07 Å². The number of fused-ring (bicyclic) bond motifs is 1. The maximum atomic E-state index is 12.4. The van der Waals surface area contributed by atoms with Crippen molar-refractivity contribution in [3.8, 4) is 5.75 Å². The lowest BCUT2D eigenvalue weighted by Gasteiger charge is -2.36. The predicted molar refractivity (Wildman–Crippen MR) is 84.3 cm³/mol. The summed E-state index contributed by atoms with van der Waals surface area (Å²) in [6.07, 6.45) is -4.17. The summed E-state index contributed by atoms with van der Waals surface area (Å²) in [6, 6.07) is 4.37. The highest BCUT2D eigenvalue weighted by molar-refractivity contribution is 5.37. The summed E-state index contributed by atoms with van der Waals surface area (Å²) in [7, 11) is 0. The largest absolute Gasteiger partial charge is 0.573 e. The molecule has 2 aliphatic rings. The Morgan fingerprint density at radius 2 is 1.87 bits per heavy atom. The molecule has 3 rings (SSSR count). The van der Waals surface area contributed by atoms with Gasteiger partial charge in [0, 0.05) is 5.48 Å². The molecule has 2 aliphatic carbocycles. The van der Waals surface area contributed by atoms with E-state index in [2.05, 4.69) is 11.3 Å². The van der Waals surface area contributed by atoms with Crippen molar-refractivity contribution in [2.24, 2.45) is 17.8 Å². The van der Waals surface area contributed by atoms with Crippen molar-refractivity contribution >= 4 is 0 Å². The van der Waals surface area contributed by atoms with Crippen LogP contribution in [0.25, 0.3) is 0 Å². The van der Waals surface area contributed by atoms with Gasteiger partial charge in [0.1, 0.15) is 5.75 Å². The van der Waals surface area contributed by atoms with Gasteiger partial charge in [-0.1, -0.05) is 12.1 Å². The van der Waals surface area contributed by atoms with E-state index >= 15 is 0 Å². The first-order valence-corrected chi connectivity index (χ1v) is 7.91. The quantitative estimate of drug-likeness (QED) is 0.648. The molecule has 4 heteroatoms. The molecule has 23 heavy (non-hydrogen) atoms. The molecule has 0 radical (unpaired) electrons. The monoisotopic (exact) mass is 328 g/mol. The van der Waals surface area contributed by atoms with Gasteiger partial charge in [-0.05, 0) is 85.9 Å². The van der Waals surface area contributed by atoms with E-state index in [0.29, 0.717) is 19.3 Å². The van der Waals surface area contributed by atoms with Gasteiger partial charge < -0.3 is 4.74 Å². The maximum absolute atomic E-state index is 12.4. The molecule has 1 unspecified atom stereocenters. The van der Waals surface area contributed by atoms with Crippen LogP contribution < -0.4 is 4.74 Å². The van der Waals surface area contributed by atoms with Crippen LogP contribution in [0.1, 0.15) is 48.6 Å². The van der Waals surface area contributed by atoms with Crippen molar-refractivity contribution in [1.82, 2.24) is 0 Å². The minimum atomic E-state index is -4.72. The fraction of sp³-hybridized carbons (Fsp3) is 0.579. The van der Waals surface area contributed by atoms with Crippen LogP contribution in [-0.2, 0) is 12.8 Å². The number of hydrogen-bond donors (Lipinski definition) is 0. The van der Waals surface area contributed by atoms with Crippen LogP contribution in [0.4, 0.5) is 13.2 Å². The Labute approximate surface area is 141 Å². The first-order valence-electron chi connectivity index (χ1n) is 9.91. The fourth-order valence-electron chi connectivity index (χ4n) is 3.56. The van der Waals surface area contributed by atoms with Gasteiger partial charge in [0.05, 0.1) is 0 Å². The van der Waals surface area contributed by atoms with Crippen molar-refractivity contribution in [3.63, 3.8) is 0 Å². The van der Waals surface area contributed by atoms with Crippen molar-refractivity contribution < 1.29 is 23.4 Å². The zero-order valence-corrected chi connectivity index (χ0v) is 12.8. The van der Waals surface area contributed by atoms with Crippen LogP contribution in [0, 0.1) is 17.8 Å². The molecule has 1 aromatic carbocycles. The number of aryl methyl sites for hydroxylation is 1. The van der Waals surface area contributed by atoms with Gasteiger partial charge in [-0.25, -0.2) is 0 Å². The van der Waals surface area contributed by atoms with Gasteiger partial charge in [-0.3, -0.25) is 0 Å². The Balaban J connectivity index is 1.75. The average molecular weight is 328 g/mol. The lowest BCUT2D eigenvalue weighted by atomic mass is 9.70. The summed E-state index contributed by atoms with van der Waals surface area (Å²) in [5.41, 5.74) is 1.76. The minimum absolute atomic E-state index is 0.106. The number of allylic oxidation sites excluding steroid dienone is 1. The van der Waals surface area contributed by atoms with E-state index in [4.69, 9.17) is 5.48 Å². The Kier molecular flexibility index (Phi) is 3.43. The molecule has 1 fully saturated rings. The standard InChI is InChI=1S/C19H23F3O/c1-2-13-3-5-14(6-4-13)15-7-8-17-12-18(23-19(20,21)22)10-9-16(17)11-15/h2,9-10,12-15H,1,3-8,11H2/i3D2,4D2. The van der Waals surface area contributed by atoms with Crippen LogP contribution in [0.2, 0.25) is 0 Å². The molecule has 1 nitrogen and oxygen atoms in total. The van der Waals surface area contributed by atoms with Crippen LogP contribution in [0.3, 0.4) is 0 Å². The molecule has 0 spiro atoms. The number of alkyl halides is 3. The SMILES string of the molecule is [2H]C1([2H])CC(C2CCc3cc(OC(F)(F)F)ccc3C2)CC([2H])([2H])C1C=C. The molecule has 0 heterocycles. The van der Waals surface area contributed by atoms with E-state index < -0.39 is 25.0 Å². The van der Waals surface area contributed by atoms with Crippen LogP contribution in [0.15, 0.2) is 30.9 Å². The van der Waals surface area contributed by atoms with Crippen LogP contribution >= 0.6 is 0 Å². The highest BCUT2D eigenvalue weighted by Gasteiger charge is 2.32. The molecule has 0 amide bonds. The number of halogens is 3. The first-order chi connectivity index (χ1) is 12.4. The van der Waals surface area contributed by atoms with Crippen molar-refractivity contribution in [2.45, 2.75) is 51.2 Å². The van der Waals surface area contributed by atoms with Crippen molar-refractivity contribution in [2.75, 3.05) is 0 Å². The van der Waals surface area contributed by atoms with Gasteiger partial charge in [0.15, 0.2) is 0 Å². The highest BCUT2D eigenvalue weighted by atomic mass is 19.4. The summed E-state index contributed by atoms with van der Waals surface area (Å²) < 4.78 is 74.2. The molecule has 0 N–H and O–H groups in total. The Morgan fingerprint density at radius 3 is 2.52 bits per heavy atom. The molecule has 1 aromatic rings. The number of ether oxygens (including phenoxy) is 1. The molecule has 1 atom stereocenters. The normalized spacial score (nSPS) is 35.0. The lowest BCUT2D eigenvalue weighted by Crippen LogP contribution is -2.26. The van der Waals surface area contributed by atoms with Gasteiger partial charge in [0.2, 0.25) is 0 Å². The van der Waals surface area contributed by atoms with Crippen molar-refractivity contribution in [3.05, 3.63) is 42.0 Å². The summed E-state index contributed by atoms with van der Waals surface area (Å²) in [5, 5.41) is 0. The van der Waals surface area contributed by atoms with Crippen molar-refractivity contribution in [1.29, 1.82) is 0 Å². The molecular formula is C19H23F3O. The van der Waals surface area contributed by atoms with E-state index in [9.17, 15) is 13.2 Å². The Morgan fingerprint density at radius 1 is 1.13 bits per heavy atom. The van der Waals surface area contributed by atoms with E-state index in [0.717, 1.165) is 11.1 Å². The van der Waals surface area contributed by atoms with Crippen LogP contribution in [-0.4, -0.2) is 6.36 Å². The highest BCUT2D eigenvalue weighted by Crippen LogP contribution is 2.40. The molecule has 1 saturated carbocycles. The smallest absolute Gasteiger partial charge is 0.406 e. The van der Waals surface area contributed by atoms with Gasteiger partial charge in [0.25, 0.3) is 0 Å². The zero-order valence-electron chi connectivity index (χ0n) is 16.8. The van der Waals surface area contributed by atoms with Gasteiger partial charge in [-0.2, -0.15) is 0 Å². The summed E-state index contributed by atoms with van der Waals surface area (Å²) in [4.78, 5) is 0. The van der Waals surface area contributed by atoms with E-state index in [-0.39, 0.29) is 30.4 Å². The summed E-state index contributed by atoms with van der Waals surface area (Å²) in [5.74, 6) is -1.05. The third kappa shape index (κ3) is 4.10. The Hall–Kier alpha value is -1.45. The molecule has 0 aliphatic heterocycles. The molecule has 0 bridgehead atoms. The maximum Gasteiger partial charge on any atom is 0.573 e. The second-order valence-electron chi connectivity index (χ2n) is 6.27. The molecule has 126 valence electrons. The predicted octanol–water partition coefficient (Wildman–Crippen LogP) is 5.68. The summed E-state index contributed by atoms with van der Waals surface area (Å²) in [6.45, 7) is 3.60. The second-order valence-corrected chi connectivity index (χ2v) is 6.27. The summed E-state index contributed by atoms with van der Waals surface area (Å²) >= 11 is 0. The van der Waals surface area contributed by atoms with Gasteiger partial charge >= 0.3 is 6.36 Å². The van der Waals surface area contributed by atoms with Gasteiger partial charge in [-0.15, -0.1) is 19.8 Å². The van der Waals surface area contributed by atoms with E-state index in [1.165, 1.54) is 18.2 Å². The minimum Gasteiger partial charge on any atom is -0.406 e. The number of benzene rings is 1. The molecule has 0 saturated heterocycles. The molecular weight excluding hydrogens is 301 g/mol. The molecule has 0 aromatic heterocycles. The third-order valence-electron chi connectivity index (χ3n) is 4.78. The Bertz CT molecular complexity index is 699. The van der Waals surface area contributed by atoms with E-state index in [1.807, 2.05) is 0 Å². The third-order valence-corrected chi connectivity index (χ3v) is 4.78. The number of hydrogen-bond acceptors (Lipinski definition) is 1. The zero-order chi connectivity index (χ0) is 20.0. The first kappa shape index (κ1) is 12.0. The lowest BCUT2D eigenvalue weighted by molar-refractivity contribution is -0.274. The fourth-order valence-corrected chi connectivity index (χ4v) is 3.56. The number of rotatable bonds is 3. The average Bonchev–Trinajstić information content (AvgIpc) is 2.50. The second kappa shape index (κ2) is 6.58.